The number of halogens is 4. The summed E-state index contributed by atoms with van der Waals surface area (Å²) < 4.78 is 41.0. The van der Waals surface area contributed by atoms with Crippen molar-refractivity contribution in [2.75, 3.05) is 6.61 Å². The highest BCUT2D eigenvalue weighted by Gasteiger charge is 2.05. The Bertz CT molecular complexity index is 309. The van der Waals surface area contributed by atoms with Crippen LogP contribution in [0.15, 0.2) is 18.2 Å². The smallest absolute Gasteiger partial charge is 0.272 e. The van der Waals surface area contributed by atoms with Gasteiger partial charge in [-0.05, 0) is 17.7 Å². The molecule has 1 rings (SSSR count). The van der Waals surface area contributed by atoms with Crippen molar-refractivity contribution in [1.82, 2.24) is 0 Å². The zero-order valence-corrected chi connectivity index (χ0v) is 8.57. The largest absolute Gasteiger partial charge is 0.488 e. The zero-order chi connectivity index (χ0) is 10.6. The van der Waals surface area contributed by atoms with E-state index in [9.17, 15) is 13.2 Å². The van der Waals surface area contributed by atoms with Crippen LogP contribution in [0.4, 0.5) is 13.2 Å². The predicted molar refractivity (Wildman–Crippen MR) is 53.0 cm³/mol. The minimum absolute atomic E-state index is 0. The van der Waals surface area contributed by atoms with E-state index < -0.39 is 18.8 Å². The molecule has 0 saturated heterocycles. The fraction of sp³-hybridized carbons (Fsp3) is 0.333. The third-order valence-corrected chi connectivity index (χ3v) is 1.54. The topological polar surface area (TPSA) is 35.2 Å². The lowest BCUT2D eigenvalue weighted by molar-refractivity contribution is 0.0817. The van der Waals surface area contributed by atoms with Crippen LogP contribution in [0.1, 0.15) is 5.56 Å². The highest BCUT2D eigenvalue weighted by Crippen LogP contribution is 2.16. The van der Waals surface area contributed by atoms with E-state index in [-0.39, 0.29) is 24.7 Å². The molecule has 0 amide bonds. The molecule has 86 valence electrons. The Labute approximate surface area is 91.6 Å². The molecule has 15 heavy (non-hydrogen) atoms. The first kappa shape index (κ1) is 14.1. The Morgan fingerprint density at radius 2 is 1.93 bits per heavy atom. The van der Waals surface area contributed by atoms with Crippen molar-refractivity contribution in [2.24, 2.45) is 5.73 Å². The van der Waals surface area contributed by atoms with Crippen molar-refractivity contribution in [3.8, 4) is 5.75 Å². The Kier molecular flexibility index (Phi) is 6.12. The molecule has 6 heteroatoms. The number of hydrogen-bond acceptors (Lipinski definition) is 2. The second-order valence-corrected chi connectivity index (χ2v) is 2.70. The maximum absolute atomic E-state index is 12.8. The van der Waals surface area contributed by atoms with Crippen LogP contribution in [0.5, 0.6) is 5.75 Å². The maximum atomic E-state index is 12.8. The lowest BCUT2D eigenvalue weighted by atomic mass is 10.2. The van der Waals surface area contributed by atoms with Gasteiger partial charge in [0.25, 0.3) is 6.43 Å². The Morgan fingerprint density at radius 3 is 2.47 bits per heavy atom. The molecule has 1 aromatic rings. The SMILES string of the molecule is Cl.NCc1cc(F)cc(OCC(F)F)c1. The van der Waals surface area contributed by atoms with E-state index in [0.717, 1.165) is 6.07 Å². The fourth-order valence-corrected chi connectivity index (χ4v) is 0.981. The van der Waals surface area contributed by atoms with E-state index in [1.54, 1.807) is 0 Å². The molecular formula is C9H11ClF3NO. The highest BCUT2D eigenvalue weighted by molar-refractivity contribution is 5.85. The average Bonchev–Trinajstić information content (AvgIpc) is 2.14. The van der Waals surface area contributed by atoms with Crippen LogP contribution in [-0.4, -0.2) is 13.0 Å². The summed E-state index contributed by atoms with van der Waals surface area (Å²) in [5.41, 5.74) is 5.78. The summed E-state index contributed by atoms with van der Waals surface area (Å²) in [7, 11) is 0. The molecule has 0 fully saturated rings. The summed E-state index contributed by atoms with van der Waals surface area (Å²) >= 11 is 0. The molecule has 0 unspecified atom stereocenters. The van der Waals surface area contributed by atoms with Crippen LogP contribution in [-0.2, 0) is 6.54 Å². The van der Waals surface area contributed by atoms with Gasteiger partial charge in [0.2, 0.25) is 0 Å². The molecule has 0 heterocycles. The third kappa shape index (κ3) is 4.90. The molecule has 2 N–H and O–H groups in total. The lowest BCUT2D eigenvalue weighted by Crippen LogP contribution is -2.07. The molecule has 0 radical (unpaired) electrons. The molecule has 0 saturated carbocycles. The summed E-state index contributed by atoms with van der Waals surface area (Å²) in [6, 6.07) is 3.71. The number of benzene rings is 1. The van der Waals surface area contributed by atoms with Gasteiger partial charge >= 0.3 is 0 Å². The third-order valence-electron chi connectivity index (χ3n) is 1.54. The predicted octanol–water partition coefficient (Wildman–Crippen LogP) is 2.35. The van der Waals surface area contributed by atoms with Crippen LogP contribution in [0.2, 0.25) is 0 Å². The first-order valence-electron chi connectivity index (χ1n) is 4.02. The summed E-state index contributed by atoms with van der Waals surface area (Å²) in [6.45, 7) is -0.601. The van der Waals surface area contributed by atoms with Gasteiger partial charge in [0.15, 0.2) is 0 Å². The van der Waals surface area contributed by atoms with Crippen LogP contribution in [0.25, 0.3) is 0 Å². The van der Waals surface area contributed by atoms with Gasteiger partial charge in [-0.1, -0.05) is 0 Å². The number of alkyl halides is 2. The second-order valence-electron chi connectivity index (χ2n) is 2.70. The lowest BCUT2D eigenvalue weighted by Gasteiger charge is -2.06. The van der Waals surface area contributed by atoms with E-state index in [1.807, 2.05) is 0 Å². The van der Waals surface area contributed by atoms with Gasteiger partial charge in [-0.2, -0.15) is 0 Å². The zero-order valence-electron chi connectivity index (χ0n) is 7.75. The van der Waals surface area contributed by atoms with Crippen molar-refractivity contribution in [3.05, 3.63) is 29.6 Å². The van der Waals surface area contributed by atoms with Crippen LogP contribution < -0.4 is 10.5 Å². The summed E-state index contributed by atoms with van der Waals surface area (Å²) in [5, 5.41) is 0. The number of ether oxygens (including phenoxy) is 1. The maximum Gasteiger partial charge on any atom is 0.272 e. The van der Waals surface area contributed by atoms with Crippen molar-refractivity contribution in [2.45, 2.75) is 13.0 Å². The molecule has 0 atom stereocenters. The average molecular weight is 242 g/mol. The van der Waals surface area contributed by atoms with E-state index in [1.165, 1.54) is 12.1 Å². The fourth-order valence-electron chi connectivity index (χ4n) is 0.981. The number of nitrogens with two attached hydrogens (primary N) is 1. The Hall–Kier alpha value is -0.940. The van der Waals surface area contributed by atoms with Crippen molar-refractivity contribution in [3.63, 3.8) is 0 Å². The molecule has 0 spiro atoms. The Morgan fingerprint density at radius 1 is 1.27 bits per heavy atom. The quantitative estimate of drug-likeness (QED) is 0.878. The molecule has 1 aromatic carbocycles. The minimum Gasteiger partial charge on any atom is -0.488 e. The second kappa shape index (κ2) is 6.53. The molecule has 0 aromatic heterocycles. The van der Waals surface area contributed by atoms with E-state index in [4.69, 9.17) is 5.73 Å². The molecule has 0 aliphatic heterocycles. The highest BCUT2D eigenvalue weighted by atomic mass is 35.5. The first-order chi connectivity index (χ1) is 6.61. The molecule has 2 nitrogen and oxygen atoms in total. The summed E-state index contributed by atoms with van der Waals surface area (Å²) in [4.78, 5) is 0. The molecular weight excluding hydrogens is 231 g/mol. The molecule has 0 aliphatic carbocycles. The van der Waals surface area contributed by atoms with Gasteiger partial charge in [-0.15, -0.1) is 12.4 Å². The van der Waals surface area contributed by atoms with Gasteiger partial charge < -0.3 is 10.5 Å². The standard InChI is InChI=1S/C9H10F3NO.ClH/c10-7-1-6(4-13)2-8(3-7)14-5-9(11)12;/h1-3,9H,4-5,13H2;1H. The van der Waals surface area contributed by atoms with Gasteiger partial charge in [0.05, 0.1) is 0 Å². The van der Waals surface area contributed by atoms with Crippen LogP contribution >= 0.6 is 12.4 Å². The Balaban J connectivity index is 0.00000196. The van der Waals surface area contributed by atoms with Gasteiger partial charge in [-0.25, -0.2) is 13.2 Å². The molecule has 0 bridgehead atoms. The van der Waals surface area contributed by atoms with Gasteiger partial charge in [0, 0.05) is 12.6 Å². The van der Waals surface area contributed by atoms with Crippen LogP contribution in [0, 0.1) is 5.82 Å². The monoisotopic (exact) mass is 241 g/mol. The van der Waals surface area contributed by atoms with Crippen molar-refractivity contribution < 1.29 is 17.9 Å². The molecule has 0 aliphatic rings. The summed E-state index contributed by atoms with van der Waals surface area (Å²) in [5.74, 6) is -0.469. The van der Waals surface area contributed by atoms with Crippen LogP contribution in [0.3, 0.4) is 0 Å². The van der Waals surface area contributed by atoms with E-state index in [0.29, 0.717) is 5.56 Å². The van der Waals surface area contributed by atoms with Gasteiger partial charge in [0.1, 0.15) is 18.2 Å². The van der Waals surface area contributed by atoms with E-state index >= 15 is 0 Å². The number of rotatable bonds is 4. The normalized spacial score (nSPS) is 9.93. The van der Waals surface area contributed by atoms with E-state index in [2.05, 4.69) is 4.74 Å². The minimum atomic E-state index is -2.57. The first-order valence-corrected chi connectivity index (χ1v) is 4.02. The van der Waals surface area contributed by atoms with Crippen molar-refractivity contribution >= 4 is 12.4 Å². The van der Waals surface area contributed by atoms with Gasteiger partial charge in [-0.3, -0.25) is 0 Å². The summed E-state index contributed by atoms with van der Waals surface area (Å²) in [6.07, 6.45) is -2.57. The number of hydrogen-bond donors (Lipinski definition) is 1. The van der Waals surface area contributed by atoms with Crippen molar-refractivity contribution in [1.29, 1.82) is 0 Å².